The predicted molar refractivity (Wildman–Crippen MR) is 86.5 cm³/mol. The van der Waals surface area contributed by atoms with Gasteiger partial charge in [-0.15, -0.1) is 0 Å². The number of carbonyl (C=O) groups excluding carboxylic acids is 2. The van der Waals surface area contributed by atoms with Gasteiger partial charge in [-0.1, -0.05) is 48.5 Å². The summed E-state index contributed by atoms with van der Waals surface area (Å²) >= 11 is 0. The zero-order valence-corrected chi connectivity index (χ0v) is 15.5. The molecule has 33 heavy (non-hydrogen) atoms. The Morgan fingerprint density at radius 1 is 0.455 bits per heavy atom. The number of hydrogen-bond donors (Lipinski definition) is 0. The van der Waals surface area contributed by atoms with Crippen molar-refractivity contribution in [2.45, 2.75) is 30.1 Å². The maximum absolute atomic E-state index is 13.9. The first-order valence-corrected chi connectivity index (χ1v) is 8.32. The van der Waals surface area contributed by atoms with E-state index in [1.165, 1.54) is 0 Å². The summed E-state index contributed by atoms with van der Waals surface area (Å²) in [6.07, 6.45) is -23.3. The molecule has 0 spiro atoms. The summed E-state index contributed by atoms with van der Waals surface area (Å²) in [7, 11) is 0. The van der Waals surface area contributed by atoms with Crippen LogP contribution >= 0.6 is 0 Å². The number of rotatable bonds is 4. The number of carbonyl (C=O) groups is 2. The lowest BCUT2D eigenvalue weighted by molar-refractivity contribution is -0.288. The van der Waals surface area contributed by atoms with Gasteiger partial charge in [0, 0.05) is 11.1 Å². The van der Waals surface area contributed by atoms with Crippen LogP contribution < -0.4 is 0 Å². The molecule has 0 N–H and O–H groups in total. The third-order valence-corrected chi connectivity index (χ3v) is 4.53. The van der Waals surface area contributed by atoms with Gasteiger partial charge in [-0.05, 0) is 11.1 Å². The Kier molecular flexibility index (Phi) is 6.40. The third-order valence-electron chi connectivity index (χ3n) is 4.53. The number of alkyl halides is 12. The molecule has 2 nitrogen and oxygen atoms in total. The van der Waals surface area contributed by atoms with Crippen LogP contribution in [-0.2, 0) is 5.41 Å². The van der Waals surface area contributed by atoms with Gasteiger partial charge in [0.05, 0.1) is 0 Å². The molecule has 2 rings (SSSR count). The van der Waals surface area contributed by atoms with Crippen molar-refractivity contribution in [2.24, 2.45) is 0 Å². The Hall–Kier alpha value is -3.06. The molecule has 0 amide bonds. The summed E-state index contributed by atoms with van der Waals surface area (Å²) in [4.78, 5) is 22.4. The van der Waals surface area contributed by atoms with E-state index in [9.17, 15) is 62.3 Å². The van der Waals surface area contributed by atoms with Gasteiger partial charge >= 0.3 is 24.7 Å². The highest BCUT2D eigenvalue weighted by atomic mass is 19.4. The summed E-state index contributed by atoms with van der Waals surface area (Å²) in [5.41, 5.74) is -10.7. The van der Waals surface area contributed by atoms with E-state index in [-0.39, 0.29) is 48.5 Å². The molecular weight excluding hydrogens is 488 g/mol. The highest BCUT2D eigenvalue weighted by Crippen LogP contribution is 2.56. The van der Waals surface area contributed by atoms with E-state index in [1.54, 1.807) is 0 Å². The van der Waals surface area contributed by atoms with Crippen molar-refractivity contribution < 1.29 is 62.3 Å². The number of hydrogen-bond acceptors (Lipinski definition) is 2. The maximum atomic E-state index is 13.9. The van der Waals surface area contributed by atoms with E-state index in [0.717, 1.165) is 0 Å². The predicted octanol–water partition coefficient (Wildman–Crippen LogP) is 6.59. The van der Waals surface area contributed by atoms with Crippen LogP contribution in [0, 0.1) is 0 Å². The largest absolute Gasteiger partial charge is 0.454 e. The van der Waals surface area contributed by atoms with Crippen molar-refractivity contribution in [3.05, 3.63) is 70.8 Å². The molecule has 0 atom stereocenters. The minimum atomic E-state index is -6.20. The molecular formula is C19H8F12O2. The van der Waals surface area contributed by atoms with Gasteiger partial charge in [0.15, 0.2) is 0 Å². The van der Waals surface area contributed by atoms with Crippen LogP contribution in [0.2, 0.25) is 0 Å². The van der Waals surface area contributed by atoms with Crippen LogP contribution in [0.3, 0.4) is 0 Å². The van der Waals surface area contributed by atoms with E-state index in [0.29, 0.717) is 0 Å². The van der Waals surface area contributed by atoms with E-state index in [2.05, 4.69) is 0 Å². The lowest BCUT2D eigenvalue weighted by atomic mass is 9.72. The van der Waals surface area contributed by atoms with Crippen molar-refractivity contribution >= 4 is 11.6 Å². The highest BCUT2D eigenvalue weighted by molar-refractivity contribution is 6.00. The second-order valence-corrected chi connectivity index (χ2v) is 6.55. The van der Waals surface area contributed by atoms with Crippen molar-refractivity contribution in [1.82, 2.24) is 0 Å². The molecule has 0 heterocycles. The molecule has 0 bridgehead atoms. The molecule has 0 aliphatic heterocycles. The lowest BCUT2D eigenvalue weighted by Gasteiger charge is -2.38. The molecule has 2 aromatic rings. The molecule has 0 unspecified atom stereocenters. The first kappa shape index (κ1) is 26.2. The monoisotopic (exact) mass is 496 g/mol. The summed E-state index contributed by atoms with van der Waals surface area (Å²) < 4.78 is 158. The van der Waals surface area contributed by atoms with Gasteiger partial charge in [0.1, 0.15) is 0 Å². The van der Waals surface area contributed by atoms with Crippen LogP contribution in [0.1, 0.15) is 31.8 Å². The minimum absolute atomic E-state index is 0.00866. The number of benzene rings is 2. The van der Waals surface area contributed by atoms with Gasteiger partial charge in [-0.25, -0.2) is 0 Å². The summed E-state index contributed by atoms with van der Waals surface area (Å²) in [5, 5.41) is 0. The first-order chi connectivity index (χ1) is 14.7. The minimum Gasteiger partial charge on any atom is -0.284 e. The van der Waals surface area contributed by atoms with E-state index < -0.39 is 63.9 Å². The fourth-order valence-corrected chi connectivity index (χ4v) is 3.05. The lowest BCUT2D eigenvalue weighted by Crippen LogP contribution is -2.54. The van der Waals surface area contributed by atoms with E-state index in [4.69, 9.17) is 0 Å². The fourth-order valence-electron chi connectivity index (χ4n) is 3.05. The van der Waals surface area contributed by atoms with Crippen LogP contribution in [0.4, 0.5) is 52.7 Å². The molecule has 0 radical (unpaired) electrons. The summed E-state index contributed by atoms with van der Waals surface area (Å²) in [6.45, 7) is 0. The number of ketones is 2. The molecule has 0 aromatic heterocycles. The Morgan fingerprint density at radius 3 is 0.879 bits per heavy atom. The molecule has 2 aromatic carbocycles. The highest BCUT2D eigenvalue weighted by Gasteiger charge is 2.72. The Balaban J connectivity index is 2.75. The summed E-state index contributed by atoms with van der Waals surface area (Å²) in [5.74, 6) is -5.04. The first-order valence-electron chi connectivity index (χ1n) is 8.32. The molecule has 0 saturated heterocycles. The fraction of sp³-hybridized carbons (Fsp3) is 0.263. The zero-order valence-electron chi connectivity index (χ0n) is 15.5. The Labute approximate surface area is 175 Å². The Bertz CT molecular complexity index is 938. The van der Waals surface area contributed by atoms with Gasteiger partial charge in [-0.3, -0.25) is 9.59 Å². The van der Waals surface area contributed by atoms with Gasteiger partial charge in [0.25, 0.3) is 11.6 Å². The zero-order chi connectivity index (χ0) is 25.6. The molecule has 0 aliphatic carbocycles. The second-order valence-electron chi connectivity index (χ2n) is 6.55. The number of halogens is 12. The van der Waals surface area contributed by atoms with E-state index in [1.807, 2.05) is 0 Å². The smallest absolute Gasteiger partial charge is 0.284 e. The second kappa shape index (κ2) is 8.06. The quantitative estimate of drug-likeness (QED) is 0.354. The van der Waals surface area contributed by atoms with Crippen molar-refractivity contribution in [1.29, 1.82) is 0 Å². The van der Waals surface area contributed by atoms with Crippen molar-refractivity contribution in [3.8, 4) is 0 Å². The normalized spacial score (nSPS) is 13.7. The average molecular weight is 496 g/mol. The molecule has 0 saturated carbocycles. The van der Waals surface area contributed by atoms with Crippen LogP contribution in [-0.4, -0.2) is 36.3 Å². The molecule has 180 valence electrons. The molecule has 0 fully saturated rings. The van der Waals surface area contributed by atoms with Crippen LogP contribution in [0.15, 0.2) is 48.5 Å². The summed E-state index contributed by atoms with van der Waals surface area (Å²) in [6, 6.07) is 0.475. The number of Topliss-reactive ketones (excluding diaryl/α,β-unsaturated/α-hetero) is 2. The standard InChI is InChI=1S/C19H8F12O2/c20-16(21,22)13(32)9-1-5-11(6-2-9)15(18(26,27)28,19(29,30)31)12-7-3-10(4-8-12)14(33)17(23,24)25/h1-8H. The SMILES string of the molecule is O=C(c1ccc(C(c2ccc(C(=O)C(F)(F)F)cc2)(C(F)(F)F)C(F)(F)F)cc1)C(F)(F)F. The Morgan fingerprint density at radius 2 is 0.697 bits per heavy atom. The van der Waals surface area contributed by atoms with Crippen LogP contribution in [0.25, 0.3) is 0 Å². The van der Waals surface area contributed by atoms with Crippen LogP contribution in [0.5, 0.6) is 0 Å². The molecule has 0 aliphatic rings. The average Bonchev–Trinajstić information content (AvgIpc) is 2.65. The van der Waals surface area contributed by atoms with Crippen molar-refractivity contribution in [3.63, 3.8) is 0 Å². The van der Waals surface area contributed by atoms with E-state index >= 15 is 0 Å². The van der Waals surface area contributed by atoms with Gasteiger partial charge in [-0.2, -0.15) is 52.7 Å². The van der Waals surface area contributed by atoms with Crippen molar-refractivity contribution in [2.75, 3.05) is 0 Å². The topological polar surface area (TPSA) is 34.1 Å². The van der Waals surface area contributed by atoms with Gasteiger partial charge in [0.2, 0.25) is 5.41 Å². The molecule has 14 heteroatoms. The third kappa shape index (κ3) is 4.69. The maximum Gasteiger partial charge on any atom is 0.454 e. The van der Waals surface area contributed by atoms with Gasteiger partial charge < -0.3 is 0 Å².